The van der Waals surface area contributed by atoms with Crippen molar-refractivity contribution >= 4 is 27.8 Å². The average molecular weight is 300 g/mol. The van der Waals surface area contributed by atoms with Crippen LogP contribution in [0.4, 0.5) is 0 Å². The quantitative estimate of drug-likeness (QED) is 0.797. The van der Waals surface area contributed by atoms with Crippen LogP contribution in [0.15, 0.2) is 22.7 Å². The van der Waals surface area contributed by atoms with Gasteiger partial charge in [0.2, 0.25) is 0 Å². The van der Waals surface area contributed by atoms with E-state index in [1.807, 2.05) is 12.1 Å². The second kappa shape index (κ2) is 4.37. The van der Waals surface area contributed by atoms with E-state index in [1.54, 1.807) is 6.07 Å². The van der Waals surface area contributed by atoms with Crippen molar-refractivity contribution in [3.63, 3.8) is 0 Å². The summed E-state index contributed by atoms with van der Waals surface area (Å²) in [5.74, 6) is -1.72. The summed E-state index contributed by atoms with van der Waals surface area (Å²) >= 11 is 3.32. The summed E-state index contributed by atoms with van der Waals surface area (Å²) in [4.78, 5) is 23.2. The molecule has 1 aliphatic heterocycles. The van der Waals surface area contributed by atoms with Gasteiger partial charge in [-0.1, -0.05) is 22.0 Å². The third-order valence-corrected chi connectivity index (χ3v) is 3.20. The molecule has 0 fully saturated rings. The second-order valence-electron chi connectivity index (χ2n) is 3.73. The molecule has 0 aliphatic carbocycles. The van der Waals surface area contributed by atoms with Crippen molar-refractivity contribution in [1.82, 2.24) is 4.90 Å². The van der Waals surface area contributed by atoms with Gasteiger partial charge in [0.1, 0.15) is 12.4 Å². The molecular formula is C11H10BrNO4. The SMILES string of the molecule is CN(C(=O)C(=O)O)C1COc2cc(Br)ccc21. The molecule has 1 aromatic rings. The molecule has 0 saturated carbocycles. The molecule has 1 N–H and O–H groups in total. The first-order valence-corrected chi connectivity index (χ1v) is 5.72. The number of nitrogens with zero attached hydrogens (tertiary/aromatic N) is 1. The van der Waals surface area contributed by atoms with Crippen LogP contribution in [-0.4, -0.2) is 35.5 Å². The van der Waals surface area contributed by atoms with Crippen molar-refractivity contribution in [2.24, 2.45) is 0 Å². The minimum Gasteiger partial charge on any atom is -0.491 e. The Kier molecular flexibility index (Phi) is 3.06. The van der Waals surface area contributed by atoms with Crippen LogP contribution in [0.5, 0.6) is 5.75 Å². The number of carboxylic acid groups (broad SMARTS) is 1. The number of hydrogen-bond acceptors (Lipinski definition) is 3. The van der Waals surface area contributed by atoms with Gasteiger partial charge in [0.15, 0.2) is 0 Å². The topological polar surface area (TPSA) is 66.8 Å². The molecular weight excluding hydrogens is 290 g/mol. The Labute approximate surface area is 106 Å². The molecule has 1 aromatic carbocycles. The van der Waals surface area contributed by atoms with E-state index in [9.17, 15) is 9.59 Å². The van der Waals surface area contributed by atoms with Crippen LogP contribution < -0.4 is 4.74 Å². The molecule has 0 aromatic heterocycles. The van der Waals surface area contributed by atoms with Gasteiger partial charge in [0.05, 0.1) is 6.04 Å². The number of carbonyl (C=O) groups excluding carboxylic acids is 1. The number of hydrogen-bond donors (Lipinski definition) is 1. The molecule has 5 nitrogen and oxygen atoms in total. The number of rotatable bonds is 1. The van der Waals surface area contributed by atoms with Crippen LogP contribution in [0, 0.1) is 0 Å². The lowest BCUT2D eigenvalue weighted by Crippen LogP contribution is -2.36. The smallest absolute Gasteiger partial charge is 0.394 e. The molecule has 1 atom stereocenters. The summed E-state index contributed by atoms with van der Waals surface area (Å²) in [6.45, 7) is 0.279. The van der Waals surface area contributed by atoms with Crippen LogP contribution >= 0.6 is 15.9 Å². The normalized spacial score (nSPS) is 17.2. The number of carbonyl (C=O) groups is 2. The maximum absolute atomic E-state index is 11.4. The van der Waals surface area contributed by atoms with Gasteiger partial charge in [-0.2, -0.15) is 0 Å². The molecule has 0 saturated heterocycles. The fraction of sp³-hybridized carbons (Fsp3) is 0.273. The first-order valence-electron chi connectivity index (χ1n) is 4.93. The van der Waals surface area contributed by atoms with Gasteiger partial charge in [-0.15, -0.1) is 0 Å². The Morgan fingerprint density at radius 3 is 2.88 bits per heavy atom. The Hall–Kier alpha value is -1.56. The largest absolute Gasteiger partial charge is 0.491 e. The third-order valence-electron chi connectivity index (χ3n) is 2.70. The monoisotopic (exact) mass is 299 g/mol. The standard InChI is InChI=1S/C11H10BrNO4/c1-13(10(14)11(15)16)8-5-17-9-4-6(12)2-3-7(8)9/h2-4,8H,5H2,1H3,(H,15,16). The van der Waals surface area contributed by atoms with E-state index in [2.05, 4.69) is 15.9 Å². The summed E-state index contributed by atoms with van der Waals surface area (Å²) in [5.41, 5.74) is 0.824. The summed E-state index contributed by atoms with van der Waals surface area (Å²) in [5, 5.41) is 8.67. The van der Waals surface area contributed by atoms with Crippen molar-refractivity contribution in [3.8, 4) is 5.75 Å². The minimum absolute atomic E-state index is 0.279. The zero-order chi connectivity index (χ0) is 12.6. The number of halogens is 1. The van der Waals surface area contributed by atoms with Crippen LogP contribution in [0.25, 0.3) is 0 Å². The van der Waals surface area contributed by atoms with Gasteiger partial charge < -0.3 is 14.7 Å². The van der Waals surface area contributed by atoms with Crippen molar-refractivity contribution < 1.29 is 19.4 Å². The fourth-order valence-corrected chi connectivity index (χ4v) is 2.12. The predicted octanol–water partition coefficient (Wildman–Crippen LogP) is 1.43. The highest BCUT2D eigenvalue weighted by Gasteiger charge is 2.32. The maximum atomic E-state index is 11.4. The summed E-state index contributed by atoms with van der Waals surface area (Å²) in [6.07, 6.45) is 0. The van der Waals surface area contributed by atoms with Gasteiger partial charge in [0.25, 0.3) is 0 Å². The molecule has 90 valence electrons. The van der Waals surface area contributed by atoms with E-state index in [0.717, 1.165) is 10.0 Å². The average Bonchev–Trinajstić information content (AvgIpc) is 2.69. The number of fused-ring (bicyclic) bond motifs is 1. The summed E-state index contributed by atoms with van der Waals surface area (Å²) in [7, 11) is 1.46. The highest BCUT2D eigenvalue weighted by atomic mass is 79.9. The number of carboxylic acids is 1. The van der Waals surface area contributed by atoms with Crippen molar-refractivity contribution in [3.05, 3.63) is 28.2 Å². The second-order valence-corrected chi connectivity index (χ2v) is 4.65. The highest BCUT2D eigenvalue weighted by Crippen LogP contribution is 2.37. The maximum Gasteiger partial charge on any atom is 0.394 e. The summed E-state index contributed by atoms with van der Waals surface area (Å²) < 4.78 is 6.30. The fourth-order valence-electron chi connectivity index (χ4n) is 1.78. The first kappa shape index (κ1) is 11.9. The number of likely N-dealkylation sites (N-methyl/N-ethyl adjacent to an activating group) is 1. The van der Waals surface area contributed by atoms with Crippen LogP contribution in [0.2, 0.25) is 0 Å². The van der Waals surface area contributed by atoms with E-state index in [-0.39, 0.29) is 12.6 Å². The minimum atomic E-state index is -1.46. The molecule has 1 aliphatic rings. The number of amides is 1. The lowest BCUT2D eigenvalue weighted by Gasteiger charge is -2.21. The molecule has 1 unspecified atom stereocenters. The molecule has 0 spiro atoms. The van der Waals surface area contributed by atoms with Crippen molar-refractivity contribution in [2.75, 3.05) is 13.7 Å². The van der Waals surface area contributed by atoms with E-state index in [4.69, 9.17) is 9.84 Å². The number of ether oxygens (including phenoxy) is 1. The Morgan fingerprint density at radius 2 is 2.24 bits per heavy atom. The molecule has 0 radical (unpaired) electrons. The highest BCUT2D eigenvalue weighted by molar-refractivity contribution is 9.10. The molecule has 6 heteroatoms. The van der Waals surface area contributed by atoms with Gasteiger partial charge in [0, 0.05) is 17.1 Å². The van der Waals surface area contributed by atoms with Gasteiger partial charge in [-0.25, -0.2) is 4.79 Å². The van der Waals surface area contributed by atoms with Gasteiger partial charge >= 0.3 is 11.9 Å². The van der Waals surface area contributed by atoms with Crippen molar-refractivity contribution in [1.29, 1.82) is 0 Å². The number of aliphatic carboxylic acids is 1. The Bertz CT molecular complexity index is 488. The van der Waals surface area contributed by atoms with E-state index in [1.165, 1.54) is 11.9 Å². The zero-order valence-electron chi connectivity index (χ0n) is 9.01. The zero-order valence-corrected chi connectivity index (χ0v) is 10.6. The Balaban J connectivity index is 2.28. The van der Waals surface area contributed by atoms with E-state index >= 15 is 0 Å². The Morgan fingerprint density at radius 1 is 1.53 bits per heavy atom. The molecule has 1 heterocycles. The predicted molar refractivity (Wildman–Crippen MR) is 62.8 cm³/mol. The number of benzene rings is 1. The first-order chi connectivity index (χ1) is 8.00. The van der Waals surface area contributed by atoms with Crippen LogP contribution in [0.3, 0.4) is 0 Å². The molecule has 0 bridgehead atoms. The van der Waals surface area contributed by atoms with E-state index in [0.29, 0.717) is 5.75 Å². The lowest BCUT2D eigenvalue weighted by atomic mass is 10.1. The third kappa shape index (κ3) is 2.12. The lowest BCUT2D eigenvalue weighted by molar-refractivity contribution is -0.156. The van der Waals surface area contributed by atoms with Crippen LogP contribution in [0.1, 0.15) is 11.6 Å². The van der Waals surface area contributed by atoms with Gasteiger partial charge in [-0.3, -0.25) is 4.79 Å². The molecule has 1 amide bonds. The summed E-state index contributed by atoms with van der Waals surface area (Å²) in [6, 6.07) is 5.11. The van der Waals surface area contributed by atoms with Crippen molar-refractivity contribution in [2.45, 2.75) is 6.04 Å². The van der Waals surface area contributed by atoms with E-state index < -0.39 is 11.9 Å². The van der Waals surface area contributed by atoms with Gasteiger partial charge in [-0.05, 0) is 12.1 Å². The van der Waals surface area contributed by atoms with Crippen LogP contribution in [-0.2, 0) is 9.59 Å². The molecule has 2 rings (SSSR count). The molecule has 17 heavy (non-hydrogen) atoms.